The molecule has 1 unspecified atom stereocenters. The van der Waals surface area contributed by atoms with Crippen LogP contribution in [0.3, 0.4) is 0 Å². The average molecular weight is 255 g/mol. The van der Waals surface area contributed by atoms with Gasteiger partial charge in [-0.25, -0.2) is 0 Å². The summed E-state index contributed by atoms with van der Waals surface area (Å²) in [6, 6.07) is 7.18. The lowest BCUT2D eigenvalue weighted by Crippen LogP contribution is -2.26. The van der Waals surface area contributed by atoms with Crippen molar-refractivity contribution in [2.45, 2.75) is 32.4 Å². The van der Waals surface area contributed by atoms with Crippen molar-refractivity contribution in [1.29, 1.82) is 0 Å². The third-order valence-electron chi connectivity index (χ3n) is 2.63. The topological polar surface area (TPSA) is 21.3 Å². The third-order valence-corrected chi connectivity index (χ3v) is 2.63. The molecule has 4 heteroatoms. The number of nitrogens with one attached hydrogen (secondary N) is 1. The number of benzene rings is 1. The van der Waals surface area contributed by atoms with Crippen LogP contribution in [0.1, 0.15) is 18.9 Å². The van der Waals surface area contributed by atoms with E-state index >= 15 is 0 Å². The maximum absolute atomic E-state index is 12.0. The molecule has 1 atom stereocenters. The van der Waals surface area contributed by atoms with Crippen LogP contribution in [0.4, 0.5) is 8.78 Å². The third kappa shape index (κ3) is 5.77. The van der Waals surface area contributed by atoms with Crippen LogP contribution in [0, 0.1) is 0 Å². The van der Waals surface area contributed by atoms with Gasteiger partial charge in [0.25, 0.3) is 0 Å². The minimum atomic E-state index is -2.76. The summed E-state index contributed by atoms with van der Waals surface area (Å²) in [4.78, 5) is 0. The van der Waals surface area contributed by atoms with Crippen molar-refractivity contribution in [2.75, 3.05) is 6.54 Å². The van der Waals surface area contributed by atoms with Gasteiger partial charge in [0.1, 0.15) is 5.75 Å². The molecule has 0 bridgehead atoms. The molecule has 2 nitrogen and oxygen atoms in total. The molecular weight excluding hydrogens is 236 g/mol. The van der Waals surface area contributed by atoms with Gasteiger partial charge in [-0.15, -0.1) is 6.58 Å². The van der Waals surface area contributed by atoms with Crippen LogP contribution >= 0.6 is 0 Å². The van der Waals surface area contributed by atoms with E-state index in [1.807, 2.05) is 18.2 Å². The number of hydrogen-bond donors (Lipinski definition) is 1. The number of ether oxygens (including phenoxy) is 1. The molecule has 1 aromatic rings. The van der Waals surface area contributed by atoms with E-state index in [1.165, 1.54) is 0 Å². The van der Waals surface area contributed by atoms with Crippen LogP contribution in [0.2, 0.25) is 0 Å². The van der Waals surface area contributed by atoms with E-state index in [0.717, 1.165) is 24.9 Å². The Balaban J connectivity index is 2.36. The van der Waals surface area contributed by atoms with E-state index < -0.39 is 6.61 Å². The van der Waals surface area contributed by atoms with E-state index in [4.69, 9.17) is 0 Å². The summed E-state index contributed by atoms with van der Waals surface area (Å²) < 4.78 is 28.2. The summed E-state index contributed by atoms with van der Waals surface area (Å²) in [6.45, 7) is 3.78. The van der Waals surface area contributed by atoms with Gasteiger partial charge in [0.05, 0.1) is 0 Å². The standard InChI is InChI=1S/C14H19F2NO/c1-3-10-17-11(2)4-5-12-6-8-13(9-7-12)18-14(15)16/h3,6-9,11,14,17H,1,4-5,10H2,2H3. The molecule has 0 saturated carbocycles. The fraction of sp³-hybridized carbons (Fsp3) is 0.429. The van der Waals surface area contributed by atoms with Crippen molar-refractivity contribution < 1.29 is 13.5 Å². The smallest absolute Gasteiger partial charge is 0.387 e. The van der Waals surface area contributed by atoms with Crippen LogP contribution in [-0.4, -0.2) is 19.2 Å². The molecule has 1 rings (SSSR count). The van der Waals surface area contributed by atoms with Crippen LogP contribution < -0.4 is 10.1 Å². The predicted octanol–water partition coefficient (Wildman–Crippen LogP) is 3.38. The highest BCUT2D eigenvalue weighted by atomic mass is 19.3. The van der Waals surface area contributed by atoms with Crippen LogP contribution in [0.25, 0.3) is 0 Å². The number of alkyl halides is 2. The summed E-state index contributed by atoms with van der Waals surface area (Å²) >= 11 is 0. The van der Waals surface area contributed by atoms with Gasteiger partial charge in [0, 0.05) is 12.6 Å². The predicted molar refractivity (Wildman–Crippen MR) is 69.1 cm³/mol. The Kier molecular flexibility index (Phi) is 6.36. The molecule has 0 radical (unpaired) electrons. The first kappa shape index (κ1) is 14.6. The lowest BCUT2D eigenvalue weighted by atomic mass is 10.1. The van der Waals surface area contributed by atoms with Crippen LogP contribution in [0.5, 0.6) is 5.75 Å². The highest BCUT2D eigenvalue weighted by Crippen LogP contribution is 2.16. The lowest BCUT2D eigenvalue weighted by molar-refractivity contribution is -0.0498. The van der Waals surface area contributed by atoms with E-state index in [2.05, 4.69) is 23.6 Å². The summed E-state index contributed by atoms with van der Waals surface area (Å²) in [5.41, 5.74) is 1.11. The second-order valence-electron chi connectivity index (χ2n) is 4.16. The number of halogens is 2. The van der Waals surface area contributed by atoms with Gasteiger partial charge in [-0.1, -0.05) is 18.2 Å². The molecule has 1 N–H and O–H groups in total. The van der Waals surface area contributed by atoms with Gasteiger partial charge in [0.2, 0.25) is 0 Å². The van der Waals surface area contributed by atoms with E-state index in [-0.39, 0.29) is 5.75 Å². The molecule has 0 heterocycles. The first-order chi connectivity index (χ1) is 8.61. The maximum Gasteiger partial charge on any atom is 0.387 e. The molecule has 0 saturated heterocycles. The SMILES string of the molecule is C=CCNC(C)CCc1ccc(OC(F)F)cc1. The van der Waals surface area contributed by atoms with E-state index in [0.29, 0.717) is 6.04 Å². The fourth-order valence-corrected chi connectivity index (χ4v) is 1.61. The van der Waals surface area contributed by atoms with Gasteiger partial charge >= 0.3 is 6.61 Å². The van der Waals surface area contributed by atoms with Gasteiger partial charge in [-0.3, -0.25) is 0 Å². The summed E-state index contributed by atoms with van der Waals surface area (Å²) in [6.07, 6.45) is 3.72. The maximum atomic E-state index is 12.0. The normalized spacial score (nSPS) is 12.4. The zero-order valence-electron chi connectivity index (χ0n) is 10.5. The molecule has 0 aliphatic rings. The summed E-state index contributed by atoms with van der Waals surface area (Å²) in [7, 11) is 0. The highest BCUT2D eigenvalue weighted by molar-refractivity contribution is 5.27. The van der Waals surface area contributed by atoms with Crippen LogP contribution in [0.15, 0.2) is 36.9 Å². The van der Waals surface area contributed by atoms with Crippen molar-refractivity contribution in [3.63, 3.8) is 0 Å². The second kappa shape index (κ2) is 7.82. The number of hydrogen-bond acceptors (Lipinski definition) is 2. The molecule has 0 aliphatic carbocycles. The van der Waals surface area contributed by atoms with Crippen molar-refractivity contribution >= 4 is 0 Å². The molecule has 0 aromatic heterocycles. The molecule has 0 amide bonds. The summed E-state index contributed by atoms with van der Waals surface area (Å²) in [5, 5.41) is 3.30. The molecular formula is C14H19F2NO. The van der Waals surface area contributed by atoms with E-state index in [1.54, 1.807) is 12.1 Å². The molecule has 18 heavy (non-hydrogen) atoms. The molecule has 1 aromatic carbocycles. The average Bonchev–Trinajstić information content (AvgIpc) is 2.35. The number of rotatable bonds is 8. The summed E-state index contributed by atoms with van der Waals surface area (Å²) in [5.74, 6) is 0.201. The van der Waals surface area contributed by atoms with Gasteiger partial charge < -0.3 is 10.1 Å². The Bertz CT molecular complexity index is 351. The van der Waals surface area contributed by atoms with Crippen molar-refractivity contribution in [3.8, 4) is 5.75 Å². The van der Waals surface area contributed by atoms with Crippen molar-refractivity contribution in [3.05, 3.63) is 42.5 Å². The first-order valence-corrected chi connectivity index (χ1v) is 6.00. The van der Waals surface area contributed by atoms with E-state index in [9.17, 15) is 8.78 Å². The minimum absolute atomic E-state index is 0.201. The first-order valence-electron chi connectivity index (χ1n) is 6.00. The fourth-order valence-electron chi connectivity index (χ4n) is 1.61. The lowest BCUT2D eigenvalue weighted by Gasteiger charge is -2.12. The monoisotopic (exact) mass is 255 g/mol. The number of aryl methyl sites for hydroxylation is 1. The van der Waals surface area contributed by atoms with Gasteiger partial charge in [-0.05, 0) is 37.5 Å². The second-order valence-corrected chi connectivity index (χ2v) is 4.16. The Morgan fingerprint density at radius 1 is 1.33 bits per heavy atom. The minimum Gasteiger partial charge on any atom is -0.435 e. The Labute approximate surface area is 107 Å². The molecule has 0 fully saturated rings. The highest BCUT2D eigenvalue weighted by Gasteiger charge is 2.04. The van der Waals surface area contributed by atoms with Crippen LogP contribution in [-0.2, 0) is 6.42 Å². The molecule has 0 spiro atoms. The van der Waals surface area contributed by atoms with Crippen molar-refractivity contribution in [1.82, 2.24) is 5.32 Å². The van der Waals surface area contributed by atoms with Gasteiger partial charge in [0.15, 0.2) is 0 Å². The van der Waals surface area contributed by atoms with Gasteiger partial charge in [-0.2, -0.15) is 8.78 Å². The zero-order chi connectivity index (χ0) is 13.4. The largest absolute Gasteiger partial charge is 0.435 e. The quantitative estimate of drug-likeness (QED) is 0.719. The Hall–Kier alpha value is -1.42. The Morgan fingerprint density at radius 2 is 2.00 bits per heavy atom. The molecule has 100 valence electrons. The molecule has 0 aliphatic heterocycles. The Morgan fingerprint density at radius 3 is 2.56 bits per heavy atom. The zero-order valence-corrected chi connectivity index (χ0v) is 10.5. The van der Waals surface area contributed by atoms with Crippen molar-refractivity contribution in [2.24, 2.45) is 0 Å².